The Kier molecular flexibility index (Phi) is 5.38. The molecule has 0 bridgehead atoms. The Balaban J connectivity index is 1.44. The molecule has 5 aliphatic rings. The molecule has 0 aromatic carbocycles. The third-order valence-corrected chi connectivity index (χ3v) is 13.3. The highest BCUT2D eigenvalue weighted by molar-refractivity contribution is 5.18. The number of hydrogen-bond acceptors (Lipinski definition) is 3. The van der Waals surface area contributed by atoms with Gasteiger partial charge in [0.25, 0.3) is 0 Å². The van der Waals surface area contributed by atoms with E-state index in [0.29, 0.717) is 28.1 Å². The summed E-state index contributed by atoms with van der Waals surface area (Å²) in [5.74, 6) is 2.73. The van der Waals surface area contributed by atoms with Gasteiger partial charge in [-0.05, 0) is 130 Å². The second-order valence-corrected chi connectivity index (χ2v) is 15.3. The van der Waals surface area contributed by atoms with E-state index in [-0.39, 0.29) is 23.2 Å². The van der Waals surface area contributed by atoms with Crippen molar-refractivity contribution in [3.8, 4) is 0 Å². The van der Waals surface area contributed by atoms with E-state index in [4.69, 9.17) is 4.74 Å². The van der Waals surface area contributed by atoms with Crippen LogP contribution in [0, 0.1) is 45.3 Å². The van der Waals surface area contributed by atoms with Crippen LogP contribution in [0.4, 0.5) is 0 Å². The largest absolute Gasteiger partial charge is 0.393 e. The van der Waals surface area contributed by atoms with Crippen LogP contribution < -0.4 is 0 Å². The minimum Gasteiger partial charge on any atom is -0.393 e. The normalized spacial score (nSPS) is 56.2. The summed E-state index contributed by atoms with van der Waals surface area (Å²) in [5, 5.41) is 21.5. The van der Waals surface area contributed by atoms with Gasteiger partial charge in [-0.1, -0.05) is 34.6 Å². The zero-order chi connectivity index (χ0) is 24.2. The van der Waals surface area contributed by atoms with Crippen molar-refractivity contribution in [1.82, 2.24) is 0 Å². The van der Waals surface area contributed by atoms with Gasteiger partial charge in [-0.3, -0.25) is 0 Å². The zero-order valence-electron chi connectivity index (χ0n) is 22.8. The van der Waals surface area contributed by atoms with Crippen LogP contribution in [0.2, 0.25) is 0 Å². The van der Waals surface area contributed by atoms with Crippen molar-refractivity contribution in [2.75, 3.05) is 0 Å². The molecule has 1 heterocycles. The molecule has 4 saturated carbocycles. The molecule has 0 unspecified atom stereocenters. The van der Waals surface area contributed by atoms with Crippen molar-refractivity contribution in [1.29, 1.82) is 0 Å². The van der Waals surface area contributed by atoms with Crippen molar-refractivity contribution in [3.63, 3.8) is 0 Å². The first-order valence-electron chi connectivity index (χ1n) is 14.2. The van der Waals surface area contributed by atoms with Gasteiger partial charge in [0.1, 0.15) is 0 Å². The van der Waals surface area contributed by atoms with Gasteiger partial charge in [0.2, 0.25) is 0 Å². The van der Waals surface area contributed by atoms with Gasteiger partial charge < -0.3 is 14.9 Å². The Morgan fingerprint density at radius 2 is 1.36 bits per heavy atom. The summed E-state index contributed by atoms with van der Waals surface area (Å²) in [4.78, 5) is 0. The maximum absolute atomic E-state index is 10.9. The molecule has 1 aliphatic heterocycles. The van der Waals surface area contributed by atoms with Gasteiger partial charge in [0.05, 0.1) is 23.4 Å². The summed E-state index contributed by atoms with van der Waals surface area (Å²) in [5.41, 5.74) is 0.277. The molecule has 0 aromatic rings. The fraction of sp³-hybridized carbons (Fsp3) is 1.00. The number of hydrogen-bond donors (Lipinski definition) is 2. The minimum atomic E-state index is -0.755. The number of aliphatic hydroxyl groups is 2. The first-order chi connectivity index (χ1) is 15.1. The number of fused-ring (bicyclic) bond motifs is 5. The Morgan fingerprint density at radius 1 is 0.697 bits per heavy atom. The Bertz CT molecular complexity index is 784. The second-order valence-electron chi connectivity index (χ2n) is 15.3. The summed E-state index contributed by atoms with van der Waals surface area (Å²) in [6, 6.07) is 0. The van der Waals surface area contributed by atoms with Crippen LogP contribution in [0.1, 0.15) is 120 Å². The van der Waals surface area contributed by atoms with Crippen LogP contribution in [0.3, 0.4) is 0 Å². The highest BCUT2D eigenvalue weighted by Crippen LogP contribution is 2.76. The van der Waals surface area contributed by atoms with Crippen molar-refractivity contribution in [3.05, 3.63) is 0 Å². The fourth-order valence-electron chi connectivity index (χ4n) is 11.1. The predicted molar refractivity (Wildman–Crippen MR) is 134 cm³/mol. The minimum absolute atomic E-state index is 0.0293. The van der Waals surface area contributed by atoms with Crippen LogP contribution in [-0.4, -0.2) is 33.6 Å². The quantitative estimate of drug-likeness (QED) is 0.480. The maximum atomic E-state index is 10.9. The summed E-state index contributed by atoms with van der Waals surface area (Å²) in [7, 11) is 0. The second kappa shape index (κ2) is 7.22. The molecule has 0 spiro atoms. The van der Waals surface area contributed by atoms with Crippen molar-refractivity contribution in [2.24, 2.45) is 45.3 Å². The first-order valence-corrected chi connectivity index (χ1v) is 14.2. The van der Waals surface area contributed by atoms with E-state index in [1.54, 1.807) is 0 Å². The third kappa shape index (κ3) is 3.16. The Labute approximate surface area is 203 Å². The van der Waals surface area contributed by atoms with E-state index in [2.05, 4.69) is 41.5 Å². The number of rotatable bonds is 2. The Morgan fingerprint density at radius 3 is 2.00 bits per heavy atom. The highest BCUT2D eigenvalue weighted by atomic mass is 16.5. The standard InChI is InChI=1S/C30H52O3/c1-25(2)21-12-17-29(7)22(27(21,5)15-13-23(25)31)10-9-19-20(11-16-28(19,29)6)30(8)18-14-24(33-30)26(3,4)32/h19-24,31-32H,9-18H2,1-8H3/t19-,20+,21-,22+,23+,24-,27+,28-,29-,30+/m1/s1. The molecule has 4 aliphatic carbocycles. The predicted octanol–water partition coefficient (Wildman–Crippen LogP) is 6.74. The van der Waals surface area contributed by atoms with Gasteiger partial charge in [0, 0.05) is 0 Å². The van der Waals surface area contributed by atoms with Gasteiger partial charge in [-0.15, -0.1) is 0 Å². The molecule has 33 heavy (non-hydrogen) atoms. The lowest BCUT2D eigenvalue weighted by Crippen LogP contribution is -2.64. The molecule has 1 saturated heterocycles. The van der Waals surface area contributed by atoms with E-state index in [1.807, 2.05) is 13.8 Å². The molecule has 5 fully saturated rings. The topological polar surface area (TPSA) is 49.7 Å². The molecule has 2 N–H and O–H groups in total. The van der Waals surface area contributed by atoms with E-state index in [0.717, 1.165) is 31.1 Å². The molecule has 190 valence electrons. The lowest BCUT2D eigenvalue weighted by molar-refractivity contribution is -0.227. The van der Waals surface area contributed by atoms with Crippen molar-refractivity contribution >= 4 is 0 Å². The molecular weight excluding hydrogens is 408 g/mol. The molecule has 10 atom stereocenters. The monoisotopic (exact) mass is 460 g/mol. The van der Waals surface area contributed by atoms with Crippen LogP contribution in [0.15, 0.2) is 0 Å². The van der Waals surface area contributed by atoms with Gasteiger partial charge in [-0.25, -0.2) is 0 Å². The van der Waals surface area contributed by atoms with Crippen LogP contribution in [0.25, 0.3) is 0 Å². The lowest BCUT2D eigenvalue weighted by atomic mass is 9.35. The summed E-state index contributed by atoms with van der Waals surface area (Å²) >= 11 is 0. The first kappa shape index (κ1) is 24.6. The molecular formula is C30H52O3. The van der Waals surface area contributed by atoms with E-state index < -0.39 is 5.60 Å². The van der Waals surface area contributed by atoms with Gasteiger partial charge in [0.15, 0.2) is 0 Å². The van der Waals surface area contributed by atoms with Crippen LogP contribution in [-0.2, 0) is 4.74 Å². The van der Waals surface area contributed by atoms with E-state index >= 15 is 0 Å². The smallest absolute Gasteiger partial charge is 0.0865 e. The summed E-state index contributed by atoms with van der Waals surface area (Å²) in [6.07, 6.45) is 11.9. The number of ether oxygens (including phenoxy) is 1. The molecule has 0 aromatic heterocycles. The SMILES string of the molecule is CC(C)(O)[C@H]1CC[C@@](C)([C@H]2CC[C@]3(C)[C@@H]2CC[C@H]2[C@@]4(C)CC[C@H](O)C(C)(C)[C@H]4CC[C@]23C)O1. The van der Waals surface area contributed by atoms with Gasteiger partial charge in [-0.2, -0.15) is 0 Å². The average molecular weight is 461 g/mol. The molecule has 3 heteroatoms. The van der Waals surface area contributed by atoms with E-state index in [9.17, 15) is 10.2 Å². The molecule has 0 radical (unpaired) electrons. The van der Waals surface area contributed by atoms with Crippen molar-refractivity contribution in [2.45, 2.75) is 143 Å². The molecule has 0 amide bonds. The summed E-state index contributed by atoms with van der Waals surface area (Å²) < 4.78 is 6.73. The highest BCUT2D eigenvalue weighted by Gasteiger charge is 2.70. The molecule has 3 nitrogen and oxygen atoms in total. The maximum Gasteiger partial charge on any atom is 0.0865 e. The zero-order valence-corrected chi connectivity index (χ0v) is 22.8. The average Bonchev–Trinajstić information content (AvgIpc) is 3.27. The summed E-state index contributed by atoms with van der Waals surface area (Å²) in [6.45, 7) is 18.8. The van der Waals surface area contributed by atoms with Crippen molar-refractivity contribution < 1.29 is 14.9 Å². The lowest BCUT2D eigenvalue weighted by Gasteiger charge is -2.70. The van der Waals surface area contributed by atoms with Gasteiger partial charge >= 0.3 is 0 Å². The molecule has 5 rings (SSSR count). The van der Waals surface area contributed by atoms with Crippen LogP contribution in [0.5, 0.6) is 0 Å². The van der Waals surface area contributed by atoms with Crippen LogP contribution >= 0.6 is 0 Å². The number of aliphatic hydroxyl groups excluding tert-OH is 1. The fourth-order valence-corrected chi connectivity index (χ4v) is 11.1. The third-order valence-electron chi connectivity index (χ3n) is 13.3. The Hall–Kier alpha value is -0.120. The van der Waals surface area contributed by atoms with E-state index in [1.165, 1.54) is 44.9 Å².